The highest BCUT2D eigenvalue weighted by molar-refractivity contribution is 5.89. The molecule has 2 fully saturated rings. The molecule has 1 aromatic rings. The van der Waals surface area contributed by atoms with E-state index in [0.29, 0.717) is 12.6 Å². The molecule has 3 rings (SSSR count). The highest BCUT2D eigenvalue weighted by atomic mass is 16.2. The maximum absolute atomic E-state index is 12.1. The number of hydrogen-bond acceptors (Lipinski definition) is 3. The Morgan fingerprint density at radius 1 is 1.16 bits per heavy atom. The highest BCUT2D eigenvalue weighted by Gasteiger charge is 2.18. The summed E-state index contributed by atoms with van der Waals surface area (Å²) in [5, 5.41) is 5.93. The Morgan fingerprint density at radius 3 is 2.76 bits per heavy atom. The fraction of sp³-hybridized carbons (Fsp3) is 0.650. The second kappa shape index (κ2) is 9.20. The van der Waals surface area contributed by atoms with Gasteiger partial charge in [-0.2, -0.15) is 0 Å². The van der Waals surface area contributed by atoms with E-state index in [1.165, 1.54) is 57.3 Å². The summed E-state index contributed by atoms with van der Waals surface area (Å²) in [6, 6.07) is 8.79. The molecule has 2 N–H and O–H groups in total. The van der Waals surface area contributed by atoms with Crippen molar-refractivity contribution in [1.82, 2.24) is 15.1 Å². The fourth-order valence-corrected chi connectivity index (χ4v) is 3.88. The lowest BCUT2D eigenvalue weighted by atomic mass is 10.0. The lowest BCUT2D eigenvalue weighted by Crippen LogP contribution is -2.37. The van der Waals surface area contributed by atoms with Crippen molar-refractivity contribution in [1.29, 1.82) is 0 Å². The number of nitrogens with one attached hydrogen (secondary N) is 2. The van der Waals surface area contributed by atoms with Gasteiger partial charge in [-0.1, -0.05) is 18.6 Å². The minimum atomic E-state index is -0.109. The maximum atomic E-state index is 12.1. The van der Waals surface area contributed by atoms with E-state index < -0.39 is 0 Å². The highest BCUT2D eigenvalue weighted by Crippen LogP contribution is 2.20. The number of anilines is 1. The molecular formula is C20H32N4O. The second-order valence-corrected chi connectivity index (χ2v) is 7.45. The van der Waals surface area contributed by atoms with Crippen molar-refractivity contribution in [2.24, 2.45) is 0 Å². The molecule has 0 spiro atoms. The van der Waals surface area contributed by atoms with Gasteiger partial charge in [0.1, 0.15) is 0 Å². The van der Waals surface area contributed by atoms with Gasteiger partial charge < -0.3 is 15.5 Å². The van der Waals surface area contributed by atoms with Crippen LogP contribution < -0.4 is 10.6 Å². The average Bonchev–Trinajstić information content (AvgIpc) is 3.11. The van der Waals surface area contributed by atoms with Crippen LogP contribution in [0.1, 0.15) is 44.6 Å². The van der Waals surface area contributed by atoms with E-state index in [2.05, 4.69) is 39.5 Å². The summed E-state index contributed by atoms with van der Waals surface area (Å²) in [6.45, 7) is 8.44. The van der Waals surface area contributed by atoms with Crippen molar-refractivity contribution in [2.75, 3.05) is 38.0 Å². The Balaban J connectivity index is 1.44. The number of nitrogens with zero attached hydrogens (tertiary/aromatic N) is 2. The summed E-state index contributed by atoms with van der Waals surface area (Å²) in [5.41, 5.74) is 2.14. The Hall–Kier alpha value is -1.59. The third-order valence-electron chi connectivity index (χ3n) is 5.42. The first-order valence-corrected chi connectivity index (χ1v) is 9.81. The molecule has 1 aromatic carbocycles. The second-order valence-electron chi connectivity index (χ2n) is 7.45. The van der Waals surface area contributed by atoms with E-state index in [0.717, 1.165) is 18.8 Å². The molecule has 2 amide bonds. The van der Waals surface area contributed by atoms with Crippen LogP contribution in [0.4, 0.5) is 10.5 Å². The molecule has 138 valence electrons. The van der Waals surface area contributed by atoms with Gasteiger partial charge in [-0.15, -0.1) is 0 Å². The van der Waals surface area contributed by atoms with Crippen LogP contribution in [0.5, 0.6) is 0 Å². The van der Waals surface area contributed by atoms with E-state index in [4.69, 9.17) is 0 Å². The summed E-state index contributed by atoms with van der Waals surface area (Å²) in [7, 11) is 0. The minimum Gasteiger partial charge on any atom is -0.337 e. The third kappa shape index (κ3) is 5.72. The fourth-order valence-electron chi connectivity index (χ4n) is 3.88. The number of urea groups is 1. The Labute approximate surface area is 151 Å². The van der Waals surface area contributed by atoms with Gasteiger partial charge in [-0.25, -0.2) is 4.79 Å². The van der Waals surface area contributed by atoms with Gasteiger partial charge in [0.05, 0.1) is 0 Å². The van der Waals surface area contributed by atoms with E-state index in [9.17, 15) is 4.79 Å². The van der Waals surface area contributed by atoms with E-state index in [-0.39, 0.29) is 6.03 Å². The molecule has 2 heterocycles. The summed E-state index contributed by atoms with van der Waals surface area (Å²) in [5.74, 6) is 0. The molecule has 0 unspecified atom stereocenters. The monoisotopic (exact) mass is 344 g/mol. The van der Waals surface area contributed by atoms with Crippen molar-refractivity contribution < 1.29 is 4.79 Å². The molecular weight excluding hydrogens is 312 g/mol. The van der Waals surface area contributed by atoms with Crippen LogP contribution in [0.15, 0.2) is 24.3 Å². The maximum Gasteiger partial charge on any atom is 0.319 e. The topological polar surface area (TPSA) is 47.6 Å². The largest absolute Gasteiger partial charge is 0.337 e. The number of carbonyl (C=O) groups is 1. The first kappa shape index (κ1) is 18.2. The summed E-state index contributed by atoms with van der Waals surface area (Å²) < 4.78 is 0. The number of rotatable bonds is 6. The molecule has 5 nitrogen and oxygen atoms in total. The van der Waals surface area contributed by atoms with E-state index >= 15 is 0 Å². The van der Waals surface area contributed by atoms with Crippen LogP contribution >= 0.6 is 0 Å². The molecule has 0 radical (unpaired) electrons. The summed E-state index contributed by atoms with van der Waals surface area (Å²) >= 11 is 0. The quantitative estimate of drug-likeness (QED) is 0.832. The number of hydrogen-bond donors (Lipinski definition) is 2. The van der Waals surface area contributed by atoms with Crippen LogP contribution in [-0.4, -0.2) is 54.6 Å². The van der Waals surface area contributed by atoms with Crippen molar-refractivity contribution >= 4 is 11.7 Å². The lowest BCUT2D eigenvalue weighted by molar-refractivity contribution is 0.152. The Bertz CT molecular complexity index is 556. The normalized spacial score (nSPS) is 22.0. The molecule has 0 aromatic heterocycles. The minimum absolute atomic E-state index is 0.109. The van der Waals surface area contributed by atoms with Crippen LogP contribution in [0.3, 0.4) is 0 Å². The van der Waals surface area contributed by atoms with Crippen molar-refractivity contribution in [3.8, 4) is 0 Å². The van der Waals surface area contributed by atoms with Gasteiger partial charge in [-0.3, -0.25) is 4.90 Å². The summed E-state index contributed by atoms with van der Waals surface area (Å²) in [4.78, 5) is 17.0. The standard InChI is InChI=1S/C20H32N4O/c1-17-7-2-3-13-24(17)16-18-8-6-9-19(15-18)22-20(25)21-10-14-23-11-4-5-12-23/h6,8-9,15,17H,2-5,7,10-14,16H2,1H3,(H2,21,22,25)/t17-/m0/s1. The van der Waals surface area contributed by atoms with Gasteiger partial charge >= 0.3 is 6.03 Å². The van der Waals surface area contributed by atoms with E-state index in [1.54, 1.807) is 0 Å². The zero-order chi connectivity index (χ0) is 17.5. The number of benzene rings is 1. The number of piperidine rings is 1. The van der Waals surface area contributed by atoms with Gasteiger partial charge in [-0.05, 0) is 69.9 Å². The number of amides is 2. The predicted octanol–water partition coefficient (Wildman–Crippen LogP) is 3.28. The van der Waals surface area contributed by atoms with E-state index in [1.807, 2.05) is 12.1 Å². The zero-order valence-electron chi connectivity index (χ0n) is 15.5. The SMILES string of the molecule is C[C@H]1CCCCN1Cc1cccc(NC(=O)NCCN2CCCC2)c1. The molecule has 1 atom stereocenters. The number of likely N-dealkylation sites (tertiary alicyclic amines) is 2. The Morgan fingerprint density at radius 2 is 1.96 bits per heavy atom. The first-order valence-electron chi connectivity index (χ1n) is 9.81. The predicted molar refractivity (Wildman–Crippen MR) is 103 cm³/mol. The van der Waals surface area contributed by atoms with Gasteiger partial charge in [0.15, 0.2) is 0 Å². The van der Waals surface area contributed by atoms with Crippen molar-refractivity contribution in [3.05, 3.63) is 29.8 Å². The lowest BCUT2D eigenvalue weighted by Gasteiger charge is -2.33. The van der Waals surface area contributed by atoms with Gasteiger partial charge in [0.25, 0.3) is 0 Å². The molecule has 0 bridgehead atoms. The molecule has 25 heavy (non-hydrogen) atoms. The van der Waals surface area contributed by atoms with Crippen molar-refractivity contribution in [2.45, 2.75) is 51.6 Å². The molecule has 0 aliphatic carbocycles. The molecule has 2 aliphatic heterocycles. The molecule has 2 saturated heterocycles. The van der Waals surface area contributed by atoms with Gasteiger partial charge in [0, 0.05) is 31.4 Å². The van der Waals surface area contributed by atoms with Crippen LogP contribution in [0.25, 0.3) is 0 Å². The first-order chi connectivity index (χ1) is 12.2. The molecule has 5 heteroatoms. The molecule has 2 aliphatic rings. The molecule has 0 saturated carbocycles. The van der Waals surface area contributed by atoms with Gasteiger partial charge in [0.2, 0.25) is 0 Å². The third-order valence-corrected chi connectivity index (χ3v) is 5.42. The van der Waals surface area contributed by atoms with Crippen LogP contribution in [-0.2, 0) is 6.54 Å². The van der Waals surface area contributed by atoms with Crippen molar-refractivity contribution in [3.63, 3.8) is 0 Å². The van der Waals surface area contributed by atoms with Crippen LogP contribution in [0, 0.1) is 0 Å². The summed E-state index contributed by atoms with van der Waals surface area (Å²) in [6.07, 6.45) is 6.50. The average molecular weight is 345 g/mol. The number of carbonyl (C=O) groups excluding carboxylic acids is 1. The Kier molecular flexibility index (Phi) is 6.70. The zero-order valence-corrected chi connectivity index (χ0v) is 15.5. The van der Waals surface area contributed by atoms with Crippen LogP contribution in [0.2, 0.25) is 0 Å². The smallest absolute Gasteiger partial charge is 0.319 e.